The standard InChI is InChI=1S/C24H25FN8/c25-19-11-28-23(31-19)18-6-3-13(9-27-18)17-10-29-33-22(26)20(12-1-2-12)21(32-24(17)33)14-7-15-4-5-16(8-14)30-15/h3,6,9-12,14-16,30H,1-2,4-5,7-8,26H2,(H,28,31)/t14-,15+,16-. The van der Waals surface area contributed by atoms with Crippen molar-refractivity contribution in [1.29, 1.82) is 0 Å². The molecule has 0 radical (unpaired) electrons. The molecular formula is C24H25FN8. The van der Waals surface area contributed by atoms with Crippen molar-refractivity contribution < 1.29 is 4.39 Å². The summed E-state index contributed by atoms with van der Waals surface area (Å²) in [4.78, 5) is 16.3. The van der Waals surface area contributed by atoms with Crippen LogP contribution in [-0.4, -0.2) is 41.6 Å². The molecule has 0 amide bonds. The van der Waals surface area contributed by atoms with E-state index in [4.69, 9.17) is 10.7 Å². The van der Waals surface area contributed by atoms with Crippen molar-refractivity contribution in [3.63, 3.8) is 0 Å². The molecule has 168 valence electrons. The van der Waals surface area contributed by atoms with Crippen molar-refractivity contribution in [1.82, 2.24) is 34.9 Å². The minimum atomic E-state index is -0.552. The zero-order chi connectivity index (χ0) is 22.1. The second kappa shape index (κ2) is 7.08. The Morgan fingerprint density at radius 3 is 2.48 bits per heavy atom. The summed E-state index contributed by atoms with van der Waals surface area (Å²) in [5, 5.41) is 8.34. The van der Waals surface area contributed by atoms with Gasteiger partial charge in [-0.05, 0) is 50.5 Å². The van der Waals surface area contributed by atoms with Gasteiger partial charge in [-0.1, -0.05) is 6.07 Å². The zero-order valence-electron chi connectivity index (χ0n) is 18.1. The average molecular weight is 445 g/mol. The molecule has 7 rings (SSSR count). The highest BCUT2D eigenvalue weighted by Crippen LogP contribution is 2.48. The average Bonchev–Trinajstić information content (AvgIpc) is 3.26. The van der Waals surface area contributed by atoms with Crippen LogP contribution in [0.4, 0.5) is 10.2 Å². The number of halogens is 1. The number of nitrogens with one attached hydrogen (secondary N) is 2. The lowest BCUT2D eigenvalue weighted by atomic mass is 9.86. The summed E-state index contributed by atoms with van der Waals surface area (Å²) in [6.45, 7) is 0. The highest BCUT2D eigenvalue weighted by Gasteiger charge is 2.39. The van der Waals surface area contributed by atoms with E-state index in [0.29, 0.717) is 35.4 Å². The summed E-state index contributed by atoms with van der Waals surface area (Å²) in [5.41, 5.74) is 12.3. The number of aromatic amines is 1. The summed E-state index contributed by atoms with van der Waals surface area (Å²) in [6, 6.07) is 4.95. The monoisotopic (exact) mass is 444 g/mol. The van der Waals surface area contributed by atoms with Crippen LogP contribution >= 0.6 is 0 Å². The van der Waals surface area contributed by atoms with Crippen LogP contribution in [0.25, 0.3) is 28.3 Å². The fourth-order valence-electron chi connectivity index (χ4n) is 5.75. The number of imidazole rings is 1. The van der Waals surface area contributed by atoms with Gasteiger partial charge in [0.2, 0.25) is 5.95 Å². The first kappa shape index (κ1) is 19.2. The minimum absolute atomic E-state index is 0.401. The number of hydrogen-bond donors (Lipinski definition) is 3. The molecular weight excluding hydrogens is 419 g/mol. The van der Waals surface area contributed by atoms with Crippen molar-refractivity contribution >= 4 is 11.5 Å². The van der Waals surface area contributed by atoms with Gasteiger partial charge >= 0.3 is 0 Å². The molecule has 0 aromatic carbocycles. The molecule has 9 heteroatoms. The molecule has 3 atom stereocenters. The van der Waals surface area contributed by atoms with Crippen LogP contribution in [0.2, 0.25) is 0 Å². The van der Waals surface area contributed by atoms with E-state index in [2.05, 4.69) is 25.4 Å². The Kier molecular flexibility index (Phi) is 4.11. The van der Waals surface area contributed by atoms with Crippen molar-refractivity contribution in [3.8, 4) is 22.6 Å². The lowest BCUT2D eigenvalue weighted by Crippen LogP contribution is -2.37. The largest absolute Gasteiger partial charge is 0.383 e. The Morgan fingerprint density at radius 1 is 1.00 bits per heavy atom. The highest BCUT2D eigenvalue weighted by atomic mass is 19.1. The van der Waals surface area contributed by atoms with E-state index in [0.717, 1.165) is 35.4 Å². The normalized spacial score (nSPS) is 24.6. The van der Waals surface area contributed by atoms with E-state index in [1.807, 2.05) is 18.3 Å². The molecule has 1 aliphatic carbocycles. The predicted octanol–water partition coefficient (Wildman–Crippen LogP) is 3.78. The number of anilines is 1. The Balaban J connectivity index is 1.32. The molecule has 8 nitrogen and oxygen atoms in total. The molecule has 4 aromatic heterocycles. The number of piperidine rings is 1. The van der Waals surface area contributed by atoms with E-state index in [9.17, 15) is 4.39 Å². The van der Waals surface area contributed by atoms with Gasteiger partial charge in [-0.2, -0.15) is 19.0 Å². The maximum atomic E-state index is 13.3. The van der Waals surface area contributed by atoms with Gasteiger partial charge in [0, 0.05) is 40.9 Å². The Hall–Kier alpha value is -3.33. The smallest absolute Gasteiger partial charge is 0.231 e. The third-order valence-electron chi connectivity index (χ3n) is 7.46. The third-order valence-corrected chi connectivity index (χ3v) is 7.46. The van der Waals surface area contributed by atoms with Crippen molar-refractivity contribution in [2.75, 3.05) is 5.73 Å². The zero-order valence-corrected chi connectivity index (χ0v) is 18.1. The van der Waals surface area contributed by atoms with Gasteiger partial charge in [-0.15, -0.1) is 0 Å². The number of nitrogens with two attached hydrogens (primary N) is 1. The molecule has 0 unspecified atom stereocenters. The lowest BCUT2D eigenvalue weighted by Gasteiger charge is -2.30. The molecule has 4 aromatic rings. The molecule has 2 saturated heterocycles. The lowest BCUT2D eigenvalue weighted by molar-refractivity contribution is 0.357. The van der Waals surface area contributed by atoms with Crippen LogP contribution in [-0.2, 0) is 0 Å². The van der Waals surface area contributed by atoms with Gasteiger partial charge in [0.15, 0.2) is 11.5 Å². The molecule has 2 aliphatic heterocycles. The first-order chi connectivity index (χ1) is 16.1. The van der Waals surface area contributed by atoms with Gasteiger partial charge in [-0.3, -0.25) is 4.98 Å². The maximum Gasteiger partial charge on any atom is 0.231 e. The maximum absolute atomic E-state index is 13.3. The summed E-state index contributed by atoms with van der Waals surface area (Å²) in [6.07, 6.45) is 11.9. The number of aromatic nitrogens is 6. The Labute approximate surface area is 189 Å². The van der Waals surface area contributed by atoms with Crippen molar-refractivity contribution in [2.24, 2.45) is 0 Å². The van der Waals surface area contributed by atoms with Crippen molar-refractivity contribution in [2.45, 2.75) is 62.4 Å². The fraction of sp³-hybridized carbons (Fsp3) is 0.417. The topological polar surface area (TPSA) is 110 Å². The van der Waals surface area contributed by atoms with Gasteiger partial charge < -0.3 is 16.0 Å². The van der Waals surface area contributed by atoms with Crippen molar-refractivity contribution in [3.05, 3.63) is 47.9 Å². The fourth-order valence-corrected chi connectivity index (χ4v) is 5.75. The Morgan fingerprint density at radius 2 is 1.82 bits per heavy atom. The molecule has 3 fully saturated rings. The molecule has 4 N–H and O–H groups in total. The van der Waals surface area contributed by atoms with Gasteiger partial charge in [0.25, 0.3) is 0 Å². The van der Waals surface area contributed by atoms with Gasteiger partial charge in [0.1, 0.15) is 11.5 Å². The molecule has 6 heterocycles. The number of H-pyrrole nitrogens is 1. The second-order valence-corrected chi connectivity index (χ2v) is 9.67. The minimum Gasteiger partial charge on any atom is -0.383 e. The molecule has 33 heavy (non-hydrogen) atoms. The van der Waals surface area contributed by atoms with Gasteiger partial charge in [-0.25, -0.2) is 4.98 Å². The SMILES string of the molecule is Nc1c(C2CC2)c([C@H]2C[C@H]3CC[C@@H](C2)N3)nc2c(-c3ccc(-c4nc(F)c[nH]4)nc3)cnn12. The number of hydrogen-bond acceptors (Lipinski definition) is 6. The number of rotatable bonds is 4. The van der Waals surface area contributed by atoms with E-state index < -0.39 is 5.95 Å². The number of nitrogen functional groups attached to an aromatic ring is 1. The summed E-state index contributed by atoms with van der Waals surface area (Å²) in [7, 11) is 0. The molecule has 2 bridgehead atoms. The Bertz CT molecular complexity index is 1340. The number of nitrogens with zero attached hydrogens (tertiary/aromatic N) is 5. The highest BCUT2D eigenvalue weighted by molar-refractivity contribution is 5.79. The van der Waals surface area contributed by atoms with E-state index in [1.165, 1.54) is 43.1 Å². The van der Waals surface area contributed by atoms with Crippen LogP contribution < -0.4 is 11.1 Å². The first-order valence-corrected chi connectivity index (χ1v) is 11.7. The van der Waals surface area contributed by atoms with Crippen LogP contribution in [0.3, 0.4) is 0 Å². The summed E-state index contributed by atoms with van der Waals surface area (Å²) < 4.78 is 15.0. The third kappa shape index (κ3) is 3.13. The van der Waals surface area contributed by atoms with Crippen LogP contribution in [0.15, 0.2) is 30.7 Å². The molecule has 1 saturated carbocycles. The van der Waals surface area contributed by atoms with Crippen LogP contribution in [0.5, 0.6) is 0 Å². The van der Waals surface area contributed by atoms with E-state index in [1.54, 1.807) is 10.7 Å². The van der Waals surface area contributed by atoms with E-state index in [-0.39, 0.29) is 0 Å². The summed E-state index contributed by atoms with van der Waals surface area (Å²) >= 11 is 0. The van der Waals surface area contributed by atoms with Crippen LogP contribution in [0, 0.1) is 5.95 Å². The second-order valence-electron chi connectivity index (χ2n) is 9.67. The summed E-state index contributed by atoms with van der Waals surface area (Å²) in [5.74, 6) is 1.52. The first-order valence-electron chi connectivity index (χ1n) is 11.7. The number of pyridine rings is 1. The predicted molar refractivity (Wildman–Crippen MR) is 122 cm³/mol. The molecule has 0 spiro atoms. The molecule has 3 aliphatic rings. The van der Waals surface area contributed by atoms with Gasteiger partial charge in [0.05, 0.1) is 18.1 Å². The van der Waals surface area contributed by atoms with E-state index >= 15 is 0 Å². The quantitative estimate of drug-likeness (QED) is 0.442. The number of fused-ring (bicyclic) bond motifs is 3. The van der Waals surface area contributed by atoms with Crippen LogP contribution in [0.1, 0.15) is 61.6 Å².